The van der Waals surface area contributed by atoms with E-state index in [-0.39, 0.29) is 6.10 Å². The van der Waals surface area contributed by atoms with Crippen LogP contribution >= 0.6 is 0 Å². The molecule has 0 aromatic carbocycles. The first-order valence-corrected chi connectivity index (χ1v) is 5.43. The third kappa shape index (κ3) is 2.65. The number of hydrogen-bond acceptors (Lipinski definition) is 4. The van der Waals surface area contributed by atoms with Crippen molar-refractivity contribution >= 4 is 0 Å². The Balaban J connectivity index is 2.05. The lowest BCUT2D eigenvalue weighted by atomic mass is 10.1. The highest BCUT2D eigenvalue weighted by Crippen LogP contribution is 2.16. The molecule has 1 N–H and O–H groups in total. The third-order valence-electron chi connectivity index (χ3n) is 2.56. The molecule has 1 aromatic heterocycles. The third-order valence-corrected chi connectivity index (χ3v) is 2.56. The molecule has 4 nitrogen and oxygen atoms in total. The summed E-state index contributed by atoms with van der Waals surface area (Å²) < 4.78 is 5.83. The van der Waals surface area contributed by atoms with E-state index in [0.717, 1.165) is 30.9 Å². The smallest absolute Gasteiger partial charge is 0.235 e. The SMILES string of the molecule is Cc1cnc(C)c(OC2CCCNC2)n1. The molecule has 1 atom stereocenters. The van der Waals surface area contributed by atoms with E-state index >= 15 is 0 Å². The first-order chi connectivity index (χ1) is 7.25. The number of ether oxygens (including phenoxy) is 1. The highest BCUT2D eigenvalue weighted by atomic mass is 16.5. The van der Waals surface area contributed by atoms with Crippen molar-refractivity contribution in [1.82, 2.24) is 15.3 Å². The Hall–Kier alpha value is -1.16. The van der Waals surface area contributed by atoms with Crippen LogP contribution in [0.2, 0.25) is 0 Å². The van der Waals surface area contributed by atoms with Gasteiger partial charge in [0.15, 0.2) is 0 Å². The predicted octanol–water partition coefficient (Wildman–Crippen LogP) is 1.22. The predicted molar refractivity (Wildman–Crippen MR) is 58.0 cm³/mol. The lowest BCUT2D eigenvalue weighted by molar-refractivity contribution is 0.158. The number of piperidine rings is 1. The van der Waals surface area contributed by atoms with Gasteiger partial charge in [-0.2, -0.15) is 0 Å². The lowest BCUT2D eigenvalue weighted by Gasteiger charge is -2.23. The molecule has 82 valence electrons. The Kier molecular flexibility index (Phi) is 3.16. The quantitative estimate of drug-likeness (QED) is 0.792. The molecule has 1 aliphatic heterocycles. The maximum atomic E-state index is 5.83. The number of rotatable bonds is 2. The van der Waals surface area contributed by atoms with Gasteiger partial charge in [-0.25, -0.2) is 4.98 Å². The van der Waals surface area contributed by atoms with E-state index in [1.807, 2.05) is 13.8 Å². The van der Waals surface area contributed by atoms with Crippen molar-refractivity contribution in [3.63, 3.8) is 0 Å². The van der Waals surface area contributed by atoms with Gasteiger partial charge in [0.05, 0.1) is 11.4 Å². The van der Waals surface area contributed by atoms with Gasteiger partial charge in [-0.05, 0) is 33.2 Å². The number of nitrogens with one attached hydrogen (secondary N) is 1. The van der Waals surface area contributed by atoms with Crippen LogP contribution in [-0.4, -0.2) is 29.2 Å². The number of aromatic nitrogens is 2. The van der Waals surface area contributed by atoms with Crippen molar-refractivity contribution in [2.75, 3.05) is 13.1 Å². The average molecular weight is 207 g/mol. The van der Waals surface area contributed by atoms with Crippen LogP contribution in [0.25, 0.3) is 0 Å². The van der Waals surface area contributed by atoms with E-state index < -0.39 is 0 Å². The zero-order valence-corrected chi connectivity index (χ0v) is 9.29. The van der Waals surface area contributed by atoms with Crippen molar-refractivity contribution in [3.05, 3.63) is 17.6 Å². The summed E-state index contributed by atoms with van der Waals surface area (Å²) >= 11 is 0. The minimum absolute atomic E-state index is 0.244. The van der Waals surface area contributed by atoms with Crippen LogP contribution in [0.4, 0.5) is 0 Å². The Labute approximate surface area is 90.1 Å². The van der Waals surface area contributed by atoms with Gasteiger partial charge in [-0.15, -0.1) is 0 Å². The summed E-state index contributed by atoms with van der Waals surface area (Å²) in [7, 11) is 0. The second kappa shape index (κ2) is 4.57. The van der Waals surface area contributed by atoms with Crippen LogP contribution < -0.4 is 10.1 Å². The van der Waals surface area contributed by atoms with E-state index in [9.17, 15) is 0 Å². The summed E-state index contributed by atoms with van der Waals surface area (Å²) in [6.45, 7) is 5.86. The number of aryl methyl sites for hydroxylation is 2. The molecule has 0 spiro atoms. The topological polar surface area (TPSA) is 47.0 Å². The van der Waals surface area contributed by atoms with Gasteiger partial charge in [0.25, 0.3) is 0 Å². The van der Waals surface area contributed by atoms with E-state index in [4.69, 9.17) is 4.74 Å². The Morgan fingerprint density at radius 1 is 1.47 bits per heavy atom. The fraction of sp³-hybridized carbons (Fsp3) is 0.636. The fourth-order valence-electron chi connectivity index (χ4n) is 1.71. The first kappa shape index (κ1) is 10.4. The van der Waals surface area contributed by atoms with Crippen molar-refractivity contribution in [2.24, 2.45) is 0 Å². The second-order valence-electron chi connectivity index (χ2n) is 3.99. The van der Waals surface area contributed by atoms with Crippen LogP contribution in [-0.2, 0) is 0 Å². The molecule has 0 aliphatic carbocycles. The van der Waals surface area contributed by atoms with Crippen molar-refractivity contribution < 1.29 is 4.74 Å². The minimum Gasteiger partial charge on any atom is -0.472 e. The second-order valence-corrected chi connectivity index (χ2v) is 3.99. The molecule has 1 aromatic rings. The Morgan fingerprint density at radius 3 is 3.07 bits per heavy atom. The van der Waals surface area contributed by atoms with Crippen LogP contribution in [0.3, 0.4) is 0 Å². The molecule has 4 heteroatoms. The van der Waals surface area contributed by atoms with Gasteiger partial charge in [0, 0.05) is 12.7 Å². The van der Waals surface area contributed by atoms with Crippen molar-refractivity contribution in [2.45, 2.75) is 32.8 Å². The van der Waals surface area contributed by atoms with Crippen LogP contribution in [0.5, 0.6) is 5.88 Å². The zero-order chi connectivity index (χ0) is 10.7. The van der Waals surface area contributed by atoms with Crippen molar-refractivity contribution in [3.8, 4) is 5.88 Å². The fourth-order valence-corrected chi connectivity index (χ4v) is 1.71. The molecular formula is C11H17N3O. The molecule has 15 heavy (non-hydrogen) atoms. The molecule has 1 aliphatic rings. The zero-order valence-electron chi connectivity index (χ0n) is 9.29. The maximum Gasteiger partial charge on any atom is 0.235 e. The van der Waals surface area contributed by atoms with Crippen LogP contribution in [0.15, 0.2) is 6.20 Å². The van der Waals surface area contributed by atoms with Gasteiger partial charge in [-0.1, -0.05) is 0 Å². The molecule has 0 radical (unpaired) electrons. The summed E-state index contributed by atoms with van der Waals surface area (Å²) in [5.41, 5.74) is 1.77. The molecule has 0 bridgehead atoms. The lowest BCUT2D eigenvalue weighted by Crippen LogP contribution is -2.37. The van der Waals surface area contributed by atoms with Crippen LogP contribution in [0.1, 0.15) is 24.2 Å². The normalized spacial score (nSPS) is 21.3. The molecule has 2 rings (SSSR count). The van der Waals surface area contributed by atoms with Gasteiger partial charge >= 0.3 is 0 Å². The first-order valence-electron chi connectivity index (χ1n) is 5.43. The average Bonchev–Trinajstić information content (AvgIpc) is 2.25. The standard InChI is InChI=1S/C11H17N3O/c1-8-6-13-9(2)11(14-8)15-10-4-3-5-12-7-10/h6,10,12H,3-5,7H2,1-2H3. The summed E-state index contributed by atoms with van der Waals surface area (Å²) in [5.74, 6) is 0.684. The van der Waals surface area contributed by atoms with Gasteiger partial charge in [-0.3, -0.25) is 4.98 Å². The van der Waals surface area contributed by atoms with E-state index in [0.29, 0.717) is 5.88 Å². The minimum atomic E-state index is 0.244. The monoisotopic (exact) mass is 207 g/mol. The maximum absolute atomic E-state index is 5.83. The molecule has 2 heterocycles. The highest BCUT2D eigenvalue weighted by molar-refractivity contribution is 5.18. The Bertz CT molecular complexity index is 335. The summed E-state index contributed by atoms with van der Waals surface area (Å²) in [5, 5.41) is 3.32. The van der Waals surface area contributed by atoms with Crippen LogP contribution in [0, 0.1) is 13.8 Å². The van der Waals surface area contributed by atoms with Gasteiger partial charge < -0.3 is 10.1 Å². The molecule has 0 amide bonds. The Morgan fingerprint density at radius 2 is 2.33 bits per heavy atom. The largest absolute Gasteiger partial charge is 0.472 e. The molecule has 1 saturated heterocycles. The molecule has 0 saturated carbocycles. The molecule has 1 fully saturated rings. The number of nitrogens with zero attached hydrogens (tertiary/aromatic N) is 2. The summed E-state index contributed by atoms with van der Waals surface area (Å²) in [4.78, 5) is 8.59. The number of hydrogen-bond donors (Lipinski definition) is 1. The van der Waals surface area contributed by atoms with Gasteiger partial charge in [0.1, 0.15) is 6.10 Å². The van der Waals surface area contributed by atoms with E-state index in [1.165, 1.54) is 6.42 Å². The van der Waals surface area contributed by atoms with Crippen molar-refractivity contribution in [1.29, 1.82) is 0 Å². The molecular weight excluding hydrogens is 190 g/mol. The molecule has 1 unspecified atom stereocenters. The highest BCUT2D eigenvalue weighted by Gasteiger charge is 2.16. The van der Waals surface area contributed by atoms with E-state index in [1.54, 1.807) is 6.20 Å². The summed E-state index contributed by atoms with van der Waals surface area (Å²) in [6.07, 6.45) is 4.28. The van der Waals surface area contributed by atoms with E-state index in [2.05, 4.69) is 15.3 Å². The summed E-state index contributed by atoms with van der Waals surface area (Å²) in [6, 6.07) is 0. The van der Waals surface area contributed by atoms with Gasteiger partial charge in [0.2, 0.25) is 5.88 Å².